The Morgan fingerprint density at radius 2 is 1.76 bits per heavy atom. The van der Waals surface area contributed by atoms with Crippen molar-refractivity contribution in [3.8, 4) is 11.3 Å². The first-order valence-corrected chi connectivity index (χ1v) is 15.6. The number of benzene rings is 3. The lowest BCUT2D eigenvalue weighted by Crippen LogP contribution is -2.31. The second-order valence-corrected chi connectivity index (χ2v) is 12.3. The Morgan fingerprint density at radius 1 is 1.04 bits per heavy atom. The summed E-state index contributed by atoms with van der Waals surface area (Å²) >= 11 is 3.51. The number of Topliss-reactive ketones (excluding diaryl/α,β-unsaturated/α-hetero) is 1. The normalized spacial score (nSPS) is 18.9. The van der Waals surface area contributed by atoms with Crippen LogP contribution in [0.25, 0.3) is 22.2 Å². The average Bonchev–Trinajstić information content (AvgIpc) is 3.32. The average molecular weight is 683 g/mol. The van der Waals surface area contributed by atoms with Crippen molar-refractivity contribution in [3.05, 3.63) is 110 Å². The van der Waals surface area contributed by atoms with Gasteiger partial charge in [-0.2, -0.15) is 0 Å². The number of hydrogen-bond acceptors (Lipinski definition) is 8. The number of ether oxygens (including phenoxy) is 1. The first kappa shape index (κ1) is 31.0. The first-order valence-electron chi connectivity index (χ1n) is 14.8. The molecule has 232 valence electrons. The van der Waals surface area contributed by atoms with Gasteiger partial charge < -0.3 is 4.74 Å². The third-order valence-electron chi connectivity index (χ3n) is 8.59. The van der Waals surface area contributed by atoms with Gasteiger partial charge in [0, 0.05) is 33.1 Å². The van der Waals surface area contributed by atoms with Crippen molar-refractivity contribution < 1.29 is 28.8 Å². The highest BCUT2D eigenvalue weighted by molar-refractivity contribution is 9.10. The molecule has 2 aliphatic rings. The van der Waals surface area contributed by atoms with Crippen LogP contribution in [0.3, 0.4) is 0 Å². The van der Waals surface area contributed by atoms with Gasteiger partial charge in [-0.05, 0) is 66.8 Å². The van der Waals surface area contributed by atoms with Crippen molar-refractivity contribution in [2.45, 2.75) is 26.7 Å². The molecule has 3 unspecified atom stereocenters. The number of nitro groups is 1. The standard InChI is InChI=1S/C35H28BrN3O7/c1-3-20-15-23(36)16-27-28(35(43)46-18-30(40)22-9-13-25(14-10-22)39(44)45)17-29(37-32(20)27)21-7-11-24(12-8-21)38-33(41)26-6-4-5-19(2)31(26)34(38)42/h4-5,7-17,19,26,31H,3,6,18H2,1-2H3. The summed E-state index contributed by atoms with van der Waals surface area (Å²) in [5, 5.41) is 11.5. The quantitative estimate of drug-likeness (QED) is 0.0490. The van der Waals surface area contributed by atoms with Crippen LogP contribution in [-0.4, -0.2) is 40.1 Å². The minimum Gasteiger partial charge on any atom is -0.454 e. The van der Waals surface area contributed by atoms with Crippen LogP contribution in [0.15, 0.2) is 83.4 Å². The molecule has 0 saturated carbocycles. The van der Waals surface area contributed by atoms with Crippen molar-refractivity contribution in [3.63, 3.8) is 0 Å². The monoisotopic (exact) mass is 681 g/mol. The number of aryl methyl sites for hydroxylation is 1. The Kier molecular flexibility index (Phi) is 8.35. The van der Waals surface area contributed by atoms with E-state index in [1.165, 1.54) is 29.2 Å². The van der Waals surface area contributed by atoms with E-state index in [9.17, 15) is 29.3 Å². The van der Waals surface area contributed by atoms with Crippen molar-refractivity contribution >= 4 is 61.8 Å². The SMILES string of the molecule is CCc1cc(Br)cc2c(C(=O)OCC(=O)c3ccc([N+](=O)[O-])cc3)cc(-c3ccc(N4C(=O)C5CC=CC(C)C5C4=O)cc3)nc12. The summed E-state index contributed by atoms with van der Waals surface area (Å²) in [6, 6.07) is 17.3. The Hall–Kier alpha value is -5.03. The predicted octanol–water partition coefficient (Wildman–Crippen LogP) is 6.88. The number of aromatic nitrogens is 1. The fourth-order valence-corrected chi connectivity index (χ4v) is 6.70. The summed E-state index contributed by atoms with van der Waals surface area (Å²) in [5.74, 6) is -2.39. The zero-order valence-corrected chi connectivity index (χ0v) is 26.5. The molecule has 1 aromatic heterocycles. The lowest BCUT2D eigenvalue weighted by molar-refractivity contribution is -0.384. The van der Waals surface area contributed by atoms with Crippen molar-refractivity contribution in [2.24, 2.45) is 17.8 Å². The van der Waals surface area contributed by atoms with Crippen LogP contribution in [0.2, 0.25) is 0 Å². The summed E-state index contributed by atoms with van der Waals surface area (Å²) < 4.78 is 6.19. The number of esters is 1. The highest BCUT2D eigenvalue weighted by Gasteiger charge is 2.50. The van der Waals surface area contributed by atoms with Gasteiger partial charge in [0.05, 0.1) is 39.2 Å². The number of fused-ring (bicyclic) bond motifs is 2. The maximum absolute atomic E-state index is 13.5. The third kappa shape index (κ3) is 5.62. The zero-order chi connectivity index (χ0) is 32.7. The van der Waals surface area contributed by atoms with Gasteiger partial charge >= 0.3 is 5.97 Å². The van der Waals surface area contributed by atoms with Gasteiger partial charge in [0.1, 0.15) is 0 Å². The summed E-state index contributed by atoms with van der Waals surface area (Å²) in [4.78, 5) is 69.2. The number of nitro benzene ring substituents is 1. The minimum atomic E-state index is -0.737. The second kappa shape index (κ2) is 12.4. The Labute approximate surface area is 272 Å². The number of rotatable bonds is 8. The van der Waals surface area contributed by atoms with Gasteiger partial charge in [-0.3, -0.25) is 29.4 Å². The predicted molar refractivity (Wildman–Crippen MR) is 174 cm³/mol. The fourth-order valence-electron chi connectivity index (χ4n) is 6.19. The molecule has 1 saturated heterocycles. The number of halogens is 1. The lowest BCUT2D eigenvalue weighted by atomic mass is 9.78. The maximum Gasteiger partial charge on any atom is 0.339 e. The summed E-state index contributed by atoms with van der Waals surface area (Å²) in [6.45, 7) is 3.37. The molecule has 2 amide bonds. The number of hydrogen-bond donors (Lipinski definition) is 0. The summed E-state index contributed by atoms with van der Waals surface area (Å²) in [5.41, 5.74) is 3.30. The van der Waals surface area contributed by atoms with E-state index in [2.05, 4.69) is 15.9 Å². The number of non-ortho nitro benzene ring substituents is 1. The van der Waals surface area contributed by atoms with Crippen LogP contribution in [0, 0.1) is 27.9 Å². The van der Waals surface area contributed by atoms with E-state index in [0.29, 0.717) is 40.7 Å². The first-order chi connectivity index (χ1) is 22.1. The Bertz CT molecular complexity index is 1950. The third-order valence-corrected chi connectivity index (χ3v) is 9.04. The molecule has 10 nitrogen and oxygen atoms in total. The highest BCUT2D eigenvalue weighted by Crippen LogP contribution is 2.41. The van der Waals surface area contributed by atoms with Crippen molar-refractivity contribution in [1.82, 2.24) is 4.98 Å². The molecule has 6 rings (SSSR count). The number of carbonyl (C=O) groups excluding carboxylic acids is 4. The molecule has 0 spiro atoms. The number of allylic oxidation sites excluding steroid dienone is 2. The van der Waals surface area contributed by atoms with E-state index in [-0.39, 0.29) is 46.4 Å². The fraction of sp³-hybridized carbons (Fsp3) is 0.229. The summed E-state index contributed by atoms with van der Waals surface area (Å²) in [7, 11) is 0. The molecule has 0 bridgehead atoms. The van der Waals surface area contributed by atoms with Crippen LogP contribution >= 0.6 is 15.9 Å². The molecule has 46 heavy (non-hydrogen) atoms. The molecule has 11 heteroatoms. The highest BCUT2D eigenvalue weighted by atomic mass is 79.9. The number of ketones is 1. The minimum absolute atomic E-state index is 0.0170. The van der Waals surface area contributed by atoms with Gasteiger partial charge in [-0.1, -0.05) is 54.1 Å². The van der Waals surface area contributed by atoms with Gasteiger partial charge in [-0.25, -0.2) is 9.78 Å². The maximum atomic E-state index is 13.5. The molecule has 0 N–H and O–H groups in total. The molecule has 1 fully saturated rings. The summed E-state index contributed by atoms with van der Waals surface area (Å²) in [6.07, 6.45) is 5.13. The van der Waals surface area contributed by atoms with E-state index >= 15 is 0 Å². The molecule has 0 radical (unpaired) electrons. The zero-order valence-electron chi connectivity index (χ0n) is 24.9. The van der Waals surface area contributed by atoms with Gasteiger partial charge in [-0.15, -0.1) is 0 Å². The molecule has 3 atom stereocenters. The van der Waals surface area contributed by atoms with Gasteiger partial charge in [0.15, 0.2) is 12.4 Å². The van der Waals surface area contributed by atoms with Crippen LogP contribution in [0.5, 0.6) is 0 Å². The van der Waals surface area contributed by atoms with Crippen LogP contribution in [-0.2, 0) is 20.7 Å². The van der Waals surface area contributed by atoms with E-state index < -0.39 is 23.3 Å². The van der Waals surface area contributed by atoms with Crippen LogP contribution < -0.4 is 4.90 Å². The number of anilines is 1. The number of pyridine rings is 1. The molecular weight excluding hydrogens is 654 g/mol. The molecule has 4 aromatic rings. The molecule has 2 heterocycles. The van der Waals surface area contributed by atoms with E-state index in [0.717, 1.165) is 10.0 Å². The van der Waals surface area contributed by atoms with E-state index in [4.69, 9.17) is 9.72 Å². The second-order valence-electron chi connectivity index (χ2n) is 11.4. The van der Waals surface area contributed by atoms with Crippen molar-refractivity contribution in [2.75, 3.05) is 11.5 Å². The van der Waals surface area contributed by atoms with Crippen molar-refractivity contribution in [1.29, 1.82) is 0 Å². The molecule has 3 aromatic carbocycles. The number of amides is 2. The molecule has 1 aliphatic carbocycles. The smallest absolute Gasteiger partial charge is 0.339 e. The van der Waals surface area contributed by atoms with Crippen LogP contribution in [0.4, 0.5) is 11.4 Å². The van der Waals surface area contributed by atoms with Gasteiger partial charge in [0.2, 0.25) is 11.8 Å². The number of nitrogens with zero attached hydrogens (tertiary/aromatic N) is 3. The molecular formula is C35H28BrN3O7. The Balaban J connectivity index is 1.30. The van der Waals surface area contributed by atoms with E-state index in [1.807, 2.05) is 32.1 Å². The Morgan fingerprint density at radius 3 is 2.41 bits per heavy atom. The van der Waals surface area contributed by atoms with Crippen LogP contribution in [0.1, 0.15) is 46.5 Å². The number of imide groups is 1. The topological polar surface area (TPSA) is 137 Å². The van der Waals surface area contributed by atoms with Gasteiger partial charge in [0.25, 0.3) is 5.69 Å². The van der Waals surface area contributed by atoms with E-state index in [1.54, 1.807) is 36.4 Å². The molecule has 1 aliphatic heterocycles. The number of carbonyl (C=O) groups is 4. The largest absolute Gasteiger partial charge is 0.454 e. The lowest BCUT2D eigenvalue weighted by Gasteiger charge is -2.22.